The summed E-state index contributed by atoms with van der Waals surface area (Å²) in [7, 11) is 0. The SMILES string of the molecule is CC(=O)OC(=O)c1ccc(N)c(C)c1. The van der Waals surface area contributed by atoms with Crippen LogP contribution in [0.5, 0.6) is 0 Å². The molecule has 0 bridgehead atoms. The molecule has 0 unspecified atom stereocenters. The number of anilines is 1. The Kier molecular flexibility index (Phi) is 2.86. The number of hydrogen-bond acceptors (Lipinski definition) is 4. The van der Waals surface area contributed by atoms with Gasteiger partial charge in [0.25, 0.3) is 0 Å². The average Bonchev–Trinajstić information content (AvgIpc) is 2.08. The number of nitrogen functional groups attached to an aromatic ring is 1. The van der Waals surface area contributed by atoms with E-state index in [9.17, 15) is 9.59 Å². The first kappa shape index (κ1) is 10.2. The molecule has 74 valence electrons. The monoisotopic (exact) mass is 193 g/mol. The zero-order valence-electron chi connectivity index (χ0n) is 8.03. The van der Waals surface area contributed by atoms with Crippen LogP contribution in [0.15, 0.2) is 18.2 Å². The number of carbonyl (C=O) groups is 2. The summed E-state index contributed by atoms with van der Waals surface area (Å²) in [5.74, 6) is -1.27. The van der Waals surface area contributed by atoms with Crippen LogP contribution < -0.4 is 5.73 Å². The van der Waals surface area contributed by atoms with Crippen molar-refractivity contribution >= 4 is 17.6 Å². The van der Waals surface area contributed by atoms with Crippen LogP contribution in [0.1, 0.15) is 22.8 Å². The molecule has 0 aliphatic heterocycles. The second kappa shape index (κ2) is 3.91. The van der Waals surface area contributed by atoms with E-state index in [1.54, 1.807) is 19.1 Å². The lowest BCUT2D eigenvalue weighted by Gasteiger charge is -2.03. The third kappa shape index (κ3) is 2.32. The molecule has 0 radical (unpaired) electrons. The maximum absolute atomic E-state index is 11.2. The van der Waals surface area contributed by atoms with E-state index < -0.39 is 11.9 Å². The lowest BCUT2D eigenvalue weighted by atomic mass is 10.1. The van der Waals surface area contributed by atoms with Crippen LogP contribution in [0.25, 0.3) is 0 Å². The number of nitrogens with two attached hydrogens (primary N) is 1. The molecular formula is C10H11NO3. The van der Waals surface area contributed by atoms with Crippen LogP contribution >= 0.6 is 0 Å². The predicted molar refractivity (Wildman–Crippen MR) is 51.7 cm³/mol. The molecule has 0 amide bonds. The number of carbonyl (C=O) groups excluding carboxylic acids is 2. The van der Waals surface area contributed by atoms with Gasteiger partial charge >= 0.3 is 11.9 Å². The van der Waals surface area contributed by atoms with Gasteiger partial charge in [0, 0.05) is 12.6 Å². The average molecular weight is 193 g/mol. The summed E-state index contributed by atoms with van der Waals surface area (Å²) in [5.41, 5.74) is 7.28. The summed E-state index contributed by atoms with van der Waals surface area (Å²) < 4.78 is 4.41. The van der Waals surface area contributed by atoms with Crippen LogP contribution in [0.3, 0.4) is 0 Å². The molecule has 0 saturated carbocycles. The molecule has 0 fully saturated rings. The van der Waals surface area contributed by atoms with Gasteiger partial charge in [-0.05, 0) is 30.7 Å². The lowest BCUT2D eigenvalue weighted by molar-refractivity contribution is -0.135. The molecule has 4 heteroatoms. The van der Waals surface area contributed by atoms with Crippen molar-refractivity contribution in [1.29, 1.82) is 0 Å². The van der Waals surface area contributed by atoms with Crippen LogP contribution in [0.2, 0.25) is 0 Å². The minimum atomic E-state index is -0.652. The Morgan fingerprint density at radius 3 is 2.50 bits per heavy atom. The smallest absolute Gasteiger partial charge is 0.345 e. The summed E-state index contributed by atoms with van der Waals surface area (Å²) in [6.45, 7) is 2.96. The second-order valence-electron chi connectivity index (χ2n) is 2.95. The first-order valence-corrected chi connectivity index (χ1v) is 4.09. The Morgan fingerprint density at radius 2 is 2.00 bits per heavy atom. The number of benzene rings is 1. The molecule has 0 aliphatic carbocycles. The van der Waals surface area contributed by atoms with Crippen molar-refractivity contribution in [2.75, 3.05) is 5.73 Å². The normalized spacial score (nSPS) is 9.57. The largest absolute Gasteiger partial charge is 0.399 e. The van der Waals surface area contributed by atoms with E-state index in [-0.39, 0.29) is 0 Å². The molecule has 1 rings (SSSR count). The van der Waals surface area contributed by atoms with E-state index in [2.05, 4.69) is 4.74 Å². The highest BCUT2D eigenvalue weighted by Gasteiger charge is 2.10. The molecule has 0 aromatic heterocycles. The summed E-state index contributed by atoms with van der Waals surface area (Å²) in [6, 6.07) is 4.71. The molecule has 1 aromatic rings. The van der Waals surface area contributed by atoms with E-state index in [0.29, 0.717) is 11.3 Å². The number of hydrogen-bond donors (Lipinski definition) is 1. The summed E-state index contributed by atoms with van der Waals surface area (Å²) in [5, 5.41) is 0. The van der Waals surface area contributed by atoms with Gasteiger partial charge in [0.2, 0.25) is 0 Å². The Bertz CT molecular complexity index is 385. The topological polar surface area (TPSA) is 69.4 Å². The molecule has 4 nitrogen and oxygen atoms in total. The Labute approximate surface area is 81.7 Å². The minimum Gasteiger partial charge on any atom is -0.399 e. The fourth-order valence-corrected chi connectivity index (χ4v) is 0.992. The van der Waals surface area contributed by atoms with Gasteiger partial charge in [0.1, 0.15) is 0 Å². The standard InChI is InChI=1S/C10H11NO3/c1-6-5-8(3-4-9(6)11)10(13)14-7(2)12/h3-5H,11H2,1-2H3. The first-order valence-electron chi connectivity index (χ1n) is 4.09. The molecular weight excluding hydrogens is 182 g/mol. The minimum absolute atomic E-state index is 0.326. The van der Waals surface area contributed by atoms with Gasteiger partial charge in [-0.2, -0.15) is 0 Å². The van der Waals surface area contributed by atoms with Gasteiger partial charge < -0.3 is 10.5 Å². The van der Waals surface area contributed by atoms with Crippen molar-refractivity contribution in [3.63, 3.8) is 0 Å². The van der Waals surface area contributed by atoms with Crippen LogP contribution in [0, 0.1) is 6.92 Å². The molecule has 0 atom stereocenters. The van der Waals surface area contributed by atoms with Crippen molar-refractivity contribution in [3.05, 3.63) is 29.3 Å². The first-order chi connectivity index (χ1) is 6.50. The van der Waals surface area contributed by atoms with Gasteiger partial charge in [0.05, 0.1) is 5.56 Å². The van der Waals surface area contributed by atoms with E-state index >= 15 is 0 Å². The summed E-state index contributed by atoms with van der Waals surface area (Å²) >= 11 is 0. The van der Waals surface area contributed by atoms with Crippen LogP contribution in [-0.4, -0.2) is 11.9 Å². The Balaban J connectivity index is 2.91. The van der Waals surface area contributed by atoms with E-state index in [1.807, 2.05) is 0 Å². The molecule has 0 spiro atoms. The summed E-state index contributed by atoms with van der Waals surface area (Å²) in [4.78, 5) is 21.7. The van der Waals surface area contributed by atoms with Crippen LogP contribution in [-0.2, 0) is 9.53 Å². The van der Waals surface area contributed by atoms with Crippen LogP contribution in [0.4, 0.5) is 5.69 Å². The number of esters is 2. The van der Waals surface area contributed by atoms with Crippen molar-refractivity contribution < 1.29 is 14.3 Å². The Morgan fingerprint density at radius 1 is 1.36 bits per heavy atom. The Hall–Kier alpha value is -1.84. The van der Waals surface area contributed by atoms with E-state index in [1.165, 1.54) is 13.0 Å². The molecule has 0 heterocycles. The number of aryl methyl sites for hydroxylation is 1. The molecule has 2 N–H and O–H groups in total. The van der Waals surface area contributed by atoms with E-state index in [4.69, 9.17) is 5.73 Å². The summed E-state index contributed by atoms with van der Waals surface area (Å²) in [6.07, 6.45) is 0. The number of ether oxygens (including phenoxy) is 1. The molecule has 1 aromatic carbocycles. The fourth-order valence-electron chi connectivity index (χ4n) is 0.992. The zero-order chi connectivity index (χ0) is 10.7. The molecule has 0 saturated heterocycles. The highest BCUT2D eigenvalue weighted by Crippen LogP contribution is 2.13. The van der Waals surface area contributed by atoms with Gasteiger partial charge in [-0.15, -0.1) is 0 Å². The van der Waals surface area contributed by atoms with Gasteiger partial charge in [-0.3, -0.25) is 4.79 Å². The fraction of sp³-hybridized carbons (Fsp3) is 0.200. The van der Waals surface area contributed by atoms with Crippen molar-refractivity contribution in [1.82, 2.24) is 0 Å². The third-order valence-electron chi connectivity index (χ3n) is 1.74. The predicted octanol–water partition coefficient (Wildman–Crippen LogP) is 1.28. The maximum atomic E-state index is 11.2. The second-order valence-corrected chi connectivity index (χ2v) is 2.95. The van der Waals surface area contributed by atoms with Gasteiger partial charge in [-0.25, -0.2) is 4.79 Å². The molecule has 0 aliphatic rings. The van der Waals surface area contributed by atoms with Gasteiger partial charge in [-0.1, -0.05) is 0 Å². The highest BCUT2D eigenvalue weighted by molar-refractivity contribution is 5.96. The maximum Gasteiger partial charge on any atom is 0.345 e. The van der Waals surface area contributed by atoms with Crippen molar-refractivity contribution in [2.24, 2.45) is 0 Å². The van der Waals surface area contributed by atoms with Crippen molar-refractivity contribution in [3.8, 4) is 0 Å². The zero-order valence-corrected chi connectivity index (χ0v) is 8.03. The highest BCUT2D eigenvalue weighted by atomic mass is 16.6. The lowest BCUT2D eigenvalue weighted by Crippen LogP contribution is -2.09. The van der Waals surface area contributed by atoms with E-state index in [0.717, 1.165) is 5.56 Å². The quantitative estimate of drug-likeness (QED) is 0.414. The number of rotatable bonds is 1. The van der Waals surface area contributed by atoms with Gasteiger partial charge in [0.15, 0.2) is 0 Å². The van der Waals surface area contributed by atoms with Crippen molar-refractivity contribution in [2.45, 2.75) is 13.8 Å². The molecule has 14 heavy (non-hydrogen) atoms. The third-order valence-corrected chi connectivity index (χ3v) is 1.74.